The van der Waals surface area contributed by atoms with Crippen LogP contribution in [-0.4, -0.2) is 69.9 Å². The highest BCUT2D eigenvalue weighted by Crippen LogP contribution is 2.32. The first-order valence-electron chi connectivity index (χ1n) is 11.3. The van der Waals surface area contributed by atoms with Crippen LogP contribution in [0.1, 0.15) is 41.0 Å². The summed E-state index contributed by atoms with van der Waals surface area (Å²) in [6.45, 7) is 6.26. The third kappa shape index (κ3) is 4.12. The highest BCUT2D eigenvalue weighted by molar-refractivity contribution is 7.22. The van der Waals surface area contributed by atoms with Crippen LogP contribution in [0.4, 0.5) is 5.13 Å². The first-order chi connectivity index (χ1) is 16.4. The minimum Gasteiger partial charge on any atom is -0.343 e. The molecule has 1 aromatic carbocycles. The summed E-state index contributed by atoms with van der Waals surface area (Å²) >= 11 is 3.18. The van der Waals surface area contributed by atoms with Gasteiger partial charge in [0.15, 0.2) is 5.01 Å². The zero-order chi connectivity index (χ0) is 23.8. The molecule has 3 amide bonds. The summed E-state index contributed by atoms with van der Waals surface area (Å²) < 4.78 is 0. The molecule has 3 aromatic rings. The Morgan fingerprint density at radius 2 is 1.65 bits per heavy atom. The van der Waals surface area contributed by atoms with Crippen LogP contribution in [0.5, 0.6) is 0 Å². The van der Waals surface area contributed by atoms with Gasteiger partial charge in [0, 0.05) is 26.2 Å². The smallest absolute Gasteiger partial charge is 0.262 e. The monoisotopic (exact) mass is 495 g/mol. The maximum atomic E-state index is 13.6. The third-order valence-corrected chi connectivity index (χ3v) is 8.15. The van der Waals surface area contributed by atoms with Gasteiger partial charge >= 0.3 is 0 Å². The van der Waals surface area contributed by atoms with Gasteiger partial charge in [0.05, 0.1) is 16.0 Å². The van der Waals surface area contributed by atoms with Crippen LogP contribution in [0, 0.1) is 5.92 Å². The number of imide groups is 1. The van der Waals surface area contributed by atoms with Crippen molar-refractivity contribution in [3.63, 3.8) is 0 Å². The van der Waals surface area contributed by atoms with Crippen LogP contribution in [0.15, 0.2) is 41.8 Å². The Morgan fingerprint density at radius 3 is 2.24 bits per heavy atom. The van der Waals surface area contributed by atoms with Crippen LogP contribution < -0.4 is 4.90 Å². The first kappa shape index (κ1) is 22.7. The van der Waals surface area contributed by atoms with Gasteiger partial charge in [-0.3, -0.25) is 19.3 Å². The molecule has 5 rings (SSSR count). The second kappa shape index (κ2) is 9.27. The van der Waals surface area contributed by atoms with Crippen molar-refractivity contribution in [1.82, 2.24) is 20.0 Å². The molecule has 0 radical (unpaired) electrons. The molecule has 0 spiro atoms. The normalized spacial score (nSPS) is 17.0. The quantitative estimate of drug-likeness (QED) is 0.486. The van der Waals surface area contributed by atoms with E-state index in [9.17, 15) is 14.4 Å². The van der Waals surface area contributed by atoms with E-state index in [0.29, 0.717) is 43.7 Å². The molecule has 2 aliphatic rings. The predicted molar refractivity (Wildman–Crippen MR) is 132 cm³/mol. The topological polar surface area (TPSA) is 86.7 Å². The van der Waals surface area contributed by atoms with Gasteiger partial charge in [-0.2, -0.15) is 0 Å². The maximum Gasteiger partial charge on any atom is 0.262 e. The van der Waals surface area contributed by atoms with Crippen molar-refractivity contribution in [2.45, 2.75) is 26.3 Å². The minimum atomic E-state index is -0.800. The van der Waals surface area contributed by atoms with Crippen molar-refractivity contribution in [1.29, 1.82) is 0 Å². The molecular weight excluding hydrogens is 470 g/mol. The number of rotatable bonds is 6. The number of hydrogen-bond donors (Lipinski definition) is 0. The largest absolute Gasteiger partial charge is 0.343 e. The zero-order valence-electron chi connectivity index (χ0n) is 19.0. The number of anilines is 1. The second-order valence-corrected chi connectivity index (χ2v) is 10.8. The predicted octanol–water partition coefficient (Wildman–Crippen LogP) is 3.63. The number of carbonyl (C=O) groups is 3. The molecule has 10 heteroatoms. The van der Waals surface area contributed by atoms with Crippen molar-refractivity contribution >= 4 is 45.5 Å². The molecule has 1 atom stereocenters. The zero-order valence-corrected chi connectivity index (χ0v) is 20.6. The van der Waals surface area contributed by atoms with Crippen molar-refractivity contribution in [2.75, 3.05) is 31.1 Å². The SMILES string of the molecule is CC(C)CC(C(=O)N1CCN(c2nnc(-c3cccs3)s2)CC1)N1C(=O)c2ccccc2C1=O. The Kier molecular flexibility index (Phi) is 6.18. The number of nitrogens with zero attached hydrogens (tertiary/aromatic N) is 5. The first-order valence-corrected chi connectivity index (χ1v) is 13.0. The summed E-state index contributed by atoms with van der Waals surface area (Å²) in [5, 5.41) is 12.4. The summed E-state index contributed by atoms with van der Waals surface area (Å²) in [5.74, 6) is -0.780. The number of thiophene rings is 1. The second-order valence-electron chi connectivity index (χ2n) is 8.85. The van der Waals surface area contributed by atoms with E-state index in [4.69, 9.17) is 0 Å². The van der Waals surface area contributed by atoms with Crippen LogP contribution in [0.25, 0.3) is 9.88 Å². The lowest BCUT2D eigenvalue weighted by molar-refractivity contribution is -0.136. The number of piperazine rings is 1. The summed E-state index contributed by atoms with van der Waals surface area (Å²) in [6.07, 6.45) is 0.436. The van der Waals surface area contributed by atoms with Gasteiger partial charge in [-0.25, -0.2) is 0 Å². The lowest BCUT2D eigenvalue weighted by Gasteiger charge is -2.38. The molecule has 2 aliphatic heterocycles. The number of carbonyl (C=O) groups excluding carboxylic acids is 3. The molecular formula is C24H25N5O3S2. The molecule has 8 nitrogen and oxygen atoms in total. The Balaban J connectivity index is 1.29. The minimum absolute atomic E-state index is 0.150. The molecule has 176 valence electrons. The molecule has 34 heavy (non-hydrogen) atoms. The van der Waals surface area contributed by atoms with Crippen LogP contribution in [0.3, 0.4) is 0 Å². The fourth-order valence-electron chi connectivity index (χ4n) is 4.43. The number of amides is 3. The molecule has 0 N–H and O–H groups in total. The summed E-state index contributed by atoms with van der Waals surface area (Å²) in [7, 11) is 0. The van der Waals surface area contributed by atoms with Gasteiger partial charge in [0.1, 0.15) is 6.04 Å². The van der Waals surface area contributed by atoms with Crippen molar-refractivity contribution in [3.05, 3.63) is 52.9 Å². The highest BCUT2D eigenvalue weighted by Gasteiger charge is 2.44. The fraction of sp³-hybridized carbons (Fsp3) is 0.375. The van der Waals surface area contributed by atoms with E-state index in [2.05, 4.69) is 15.1 Å². The van der Waals surface area contributed by atoms with E-state index in [0.717, 1.165) is 15.0 Å². The molecule has 1 saturated heterocycles. The van der Waals surface area contributed by atoms with E-state index in [-0.39, 0.29) is 23.6 Å². The van der Waals surface area contributed by atoms with Gasteiger partial charge in [-0.05, 0) is 35.9 Å². The maximum absolute atomic E-state index is 13.6. The fourth-order valence-corrected chi connectivity index (χ4v) is 6.11. The van der Waals surface area contributed by atoms with Gasteiger partial charge < -0.3 is 9.80 Å². The number of benzene rings is 1. The van der Waals surface area contributed by atoms with Crippen LogP contribution in [-0.2, 0) is 4.79 Å². The molecule has 1 unspecified atom stereocenters. The summed E-state index contributed by atoms with van der Waals surface area (Å²) in [5.41, 5.74) is 0.744. The van der Waals surface area contributed by atoms with Gasteiger partial charge in [0.2, 0.25) is 11.0 Å². The van der Waals surface area contributed by atoms with Crippen molar-refractivity contribution in [2.24, 2.45) is 5.92 Å². The van der Waals surface area contributed by atoms with E-state index in [1.54, 1.807) is 51.8 Å². The Morgan fingerprint density at radius 1 is 0.971 bits per heavy atom. The molecule has 1 fully saturated rings. The molecule has 2 aromatic heterocycles. The van der Waals surface area contributed by atoms with Crippen molar-refractivity contribution in [3.8, 4) is 9.88 Å². The summed E-state index contributed by atoms with van der Waals surface area (Å²) in [6, 6.07) is 10.0. The van der Waals surface area contributed by atoms with E-state index in [1.807, 2.05) is 31.4 Å². The summed E-state index contributed by atoms with van der Waals surface area (Å²) in [4.78, 5) is 45.9. The standard InChI is InChI=1S/C24H25N5O3S2/c1-15(2)14-18(29-21(30)16-6-3-4-7-17(16)22(29)31)23(32)27-9-11-28(12-10-27)24-26-25-20(34-24)19-8-5-13-33-19/h3-8,13,15,18H,9-12,14H2,1-2H3. The number of fused-ring (bicyclic) bond motifs is 1. The van der Waals surface area contributed by atoms with E-state index in [1.165, 1.54) is 4.90 Å². The molecule has 0 saturated carbocycles. The Labute approximate surface area is 205 Å². The molecule has 0 aliphatic carbocycles. The number of aromatic nitrogens is 2. The van der Waals surface area contributed by atoms with E-state index < -0.39 is 6.04 Å². The Hall–Kier alpha value is -3.11. The highest BCUT2D eigenvalue weighted by atomic mass is 32.1. The van der Waals surface area contributed by atoms with Crippen molar-refractivity contribution < 1.29 is 14.4 Å². The molecule has 4 heterocycles. The lowest BCUT2D eigenvalue weighted by atomic mass is 10.0. The van der Waals surface area contributed by atoms with E-state index >= 15 is 0 Å². The Bertz CT molecular complexity index is 1180. The average Bonchev–Trinajstić information content (AvgIpc) is 3.59. The molecule has 0 bridgehead atoms. The van der Waals surface area contributed by atoms with Crippen LogP contribution >= 0.6 is 22.7 Å². The number of hydrogen-bond acceptors (Lipinski definition) is 8. The van der Waals surface area contributed by atoms with Crippen LogP contribution in [0.2, 0.25) is 0 Å². The average molecular weight is 496 g/mol. The van der Waals surface area contributed by atoms with Gasteiger partial charge in [-0.15, -0.1) is 21.5 Å². The van der Waals surface area contributed by atoms with Gasteiger partial charge in [-0.1, -0.05) is 43.4 Å². The van der Waals surface area contributed by atoms with Gasteiger partial charge in [0.25, 0.3) is 11.8 Å². The lowest BCUT2D eigenvalue weighted by Crippen LogP contribution is -2.56. The third-order valence-electron chi connectivity index (χ3n) is 6.13.